The molecule has 4 rings (SSSR count). The smallest absolute Gasteiger partial charge is 0.254 e. The Morgan fingerprint density at radius 2 is 1.96 bits per heavy atom. The zero-order valence-corrected chi connectivity index (χ0v) is 16.5. The van der Waals surface area contributed by atoms with Gasteiger partial charge in [-0.25, -0.2) is 4.98 Å². The minimum Gasteiger partial charge on any atom is -0.343 e. The van der Waals surface area contributed by atoms with Crippen molar-refractivity contribution in [1.29, 1.82) is 0 Å². The lowest BCUT2D eigenvalue weighted by Gasteiger charge is -2.17. The molecule has 0 saturated heterocycles. The van der Waals surface area contributed by atoms with Crippen LogP contribution in [0.25, 0.3) is 10.9 Å². The molecule has 0 bridgehead atoms. The van der Waals surface area contributed by atoms with Crippen molar-refractivity contribution in [3.05, 3.63) is 69.9 Å². The van der Waals surface area contributed by atoms with Gasteiger partial charge in [-0.1, -0.05) is 41.4 Å². The second kappa shape index (κ2) is 7.24. The number of pyridine rings is 1. The topological polar surface area (TPSA) is 62.3 Å². The van der Waals surface area contributed by atoms with Crippen molar-refractivity contribution in [1.82, 2.24) is 10.3 Å². The number of hydrogen-bond donors (Lipinski definition) is 1. The number of amides is 2. The summed E-state index contributed by atoms with van der Waals surface area (Å²) in [5.74, 6) is -0.547. The van der Waals surface area contributed by atoms with Crippen LogP contribution in [0, 0.1) is 13.8 Å². The molecule has 0 radical (unpaired) electrons. The van der Waals surface area contributed by atoms with Gasteiger partial charge >= 0.3 is 0 Å². The molecular weight excluding hydrogens is 374 g/mol. The number of carbonyl (C=O) groups is 2. The first-order valence-electron chi connectivity index (χ1n) is 9.18. The number of benzene rings is 2. The molecule has 1 aliphatic heterocycles. The molecule has 2 heterocycles. The van der Waals surface area contributed by atoms with Crippen LogP contribution in [0.15, 0.2) is 42.5 Å². The van der Waals surface area contributed by atoms with Crippen LogP contribution < -0.4 is 10.2 Å². The molecule has 1 aliphatic rings. The second-order valence-electron chi connectivity index (χ2n) is 7.09. The Labute approximate surface area is 168 Å². The molecular formula is C22H20ClN3O2. The number of fused-ring (bicyclic) bond motifs is 2. The highest BCUT2D eigenvalue weighted by Gasteiger charge is 2.24. The summed E-state index contributed by atoms with van der Waals surface area (Å²) in [5, 5.41) is 3.68. The number of rotatable bonds is 3. The fourth-order valence-electron chi connectivity index (χ4n) is 3.73. The van der Waals surface area contributed by atoms with Gasteiger partial charge in [0.1, 0.15) is 5.15 Å². The summed E-state index contributed by atoms with van der Waals surface area (Å²) in [6.07, 6.45) is 0.828. The summed E-state index contributed by atoms with van der Waals surface area (Å²) < 4.78 is 0. The van der Waals surface area contributed by atoms with E-state index in [2.05, 4.69) is 10.3 Å². The van der Waals surface area contributed by atoms with Gasteiger partial charge in [0.05, 0.1) is 17.6 Å². The number of anilines is 1. The maximum Gasteiger partial charge on any atom is 0.254 e. The van der Waals surface area contributed by atoms with Crippen LogP contribution in [0.4, 0.5) is 5.69 Å². The van der Waals surface area contributed by atoms with Crippen molar-refractivity contribution < 1.29 is 9.59 Å². The van der Waals surface area contributed by atoms with Gasteiger partial charge < -0.3 is 10.2 Å². The van der Waals surface area contributed by atoms with Crippen LogP contribution in [0.2, 0.25) is 5.15 Å². The Balaban J connectivity index is 1.51. The summed E-state index contributed by atoms with van der Waals surface area (Å²) in [4.78, 5) is 31.3. The van der Waals surface area contributed by atoms with Gasteiger partial charge in [-0.05, 0) is 49.6 Å². The van der Waals surface area contributed by atoms with Gasteiger partial charge in [0, 0.05) is 17.6 Å². The summed E-state index contributed by atoms with van der Waals surface area (Å²) in [7, 11) is 0. The Hall–Kier alpha value is -2.92. The van der Waals surface area contributed by atoms with E-state index in [1.165, 1.54) is 0 Å². The van der Waals surface area contributed by atoms with Gasteiger partial charge in [0.25, 0.3) is 5.91 Å². The van der Waals surface area contributed by atoms with E-state index in [4.69, 9.17) is 11.6 Å². The van der Waals surface area contributed by atoms with Gasteiger partial charge in [-0.15, -0.1) is 0 Å². The largest absolute Gasteiger partial charge is 0.343 e. The lowest BCUT2D eigenvalue weighted by Crippen LogP contribution is -2.39. The Kier molecular flexibility index (Phi) is 4.77. The fourth-order valence-corrected chi connectivity index (χ4v) is 3.96. The molecule has 3 aromatic rings. The van der Waals surface area contributed by atoms with E-state index in [1.54, 1.807) is 11.0 Å². The number of aromatic nitrogens is 1. The number of nitrogens with one attached hydrogen (secondary N) is 1. The van der Waals surface area contributed by atoms with Crippen LogP contribution in [0.3, 0.4) is 0 Å². The van der Waals surface area contributed by atoms with Crippen LogP contribution in [-0.2, 0) is 11.2 Å². The minimum atomic E-state index is -0.403. The molecule has 0 saturated carbocycles. The number of carbonyl (C=O) groups excluding carboxylic acids is 2. The first-order chi connectivity index (χ1) is 13.4. The minimum absolute atomic E-state index is 0.0889. The van der Waals surface area contributed by atoms with Gasteiger partial charge in [0.15, 0.2) is 0 Å². The van der Waals surface area contributed by atoms with Crippen LogP contribution in [-0.4, -0.2) is 29.9 Å². The van der Waals surface area contributed by atoms with Crippen molar-refractivity contribution in [3.8, 4) is 0 Å². The Morgan fingerprint density at radius 3 is 2.79 bits per heavy atom. The van der Waals surface area contributed by atoms with E-state index in [-0.39, 0.29) is 23.2 Å². The van der Waals surface area contributed by atoms with Crippen LogP contribution in [0.5, 0.6) is 0 Å². The highest BCUT2D eigenvalue weighted by atomic mass is 35.5. The first kappa shape index (κ1) is 18.4. The maximum atomic E-state index is 12.6. The zero-order chi connectivity index (χ0) is 19.8. The second-order valence-corrected chi connectivity index (χ2v) is 7.45. The highest BCUT2D eigenvalue weighted by molar-refractivity contribution is 6.33. The molecule has 0 aliphatic carbocycles. The molecule has 28 heavy (non-hydrogen) atoms. The van der Waals surface area contributed by atoms with Crippen molar-refractivity contribution in [2.24, 2.45) is 0 Å². The zero-order valence-electron chi connectivity index (χ0n) is 15.8. The van der Waals surface area contributed by atoms with E-state index in [0.717, 1.165) is 39.7 Å². The number of hydrogen-bond acceptors (Lipinski definition) is 3. The summed E-state index contributed by atoms with van der Waals surface area (Å²) >= 11 is 6.25. The van der Waals surface area contributed by atoms with Crippen LogP contribution in [0.1, 0.15) is 27.0 Å². The Bertz CT molecular complexity index is 1110. The fraction of sp³-hybridized carbons (Fsp3) is 0.227. The molecule has 0 atom stereocenters. The monoisotopic (exact) mass is 393 g/mol. The molecule has 2 amide bonds. The summed E-state index contributed by atoms with van der Waals surface area (Å²) in [6, 6.07) is 13.5. The average Bonchev–Trinajstić information content (AvgIpc) is 3.10. The number of para-hydroxylation sites is 1. The standard InChI is InChI=1S/C22H20ClN3O2/c1-13-9-14(2)20-16(10-13)11-17(21(23)25-20)22(28)24-12-19(27)26-8-7-15-5-3-4-6-18(15)26/h3-6,9-11H,7-8,12H2,1-2H3,(H,24,28). The lowest BCUT2D eigenvalue weighted by molar-refractivity contribution is -0.117. The predicted molar refractivity (Wildman–Crippen MR) is 111 cm³/mol. The van der Waals surface area contributed by atoms with E-state index >= 15 is 0 Å². The molecule has 0 spiro atoms. The molecule has 0 unspecified atom stereocenters. The molecule has 1 aromatic heterocycles. The third-order valence-electron chi connectivity index (χ3n) is 5.04. The summed E-state index contributed by atoms with van der Waals surface area (Å²) in [6.45, 7) is 4.50. The van der Waals surface area contributed by atoms with E-state index in [1.807, 2.05) is 50.2 Å². The normalized spacial score (nSPS) is 12.9. The third-order valence-corrected chi connectivity index (χ3v) is 5.33. The maximum absolute atomic E-state index is 12.6. The predicted octanol–water partition coefficient (Wildman–Crippen LogP) is 3.82. The number of nitrogens with zero attached hydrogens (tertiary/aromatic N) is 2. The van der Waals surface area contributed by atoms with Crippen molar-refractivity contribution >= 4 is 40.0 Å². The van der Waals surface area contributed by atoms with E-state index < -0.39 is 5.91 Å². The third kappa shape index (κ3) is 3.34. The molecule has 2 aromatic carbocycles. The van der Waals surface area contributed by atoms with Crippen molar-refractivity contribution in [2.45, 2.75) is 20.3 Å². The SMILES string of the molecule is Cc1cc(C)c2nc(Cl)c(C(=O)NCC(=O)N3CCc4ccccc43)cc2c1. The molecule has 5 nitrogen and oxygen atoms in total. The Morgan fingerprint density at radius 1 is 1.18 bits per heavy atom. The highest BCUT2D eigenvalue weighted by Crippen LogP contribution is 2.27. The average molecular weight is 394 g/mol. The molecule has 0 fully saturated rings. The first-order valence-corrected chi connectivity index (χ1v) is 9.56. The van der Waals surface area contributed by atoms with Gasteiger partial charge in [0.2, 0.25) is 5.91 Å². The quantitative estimate of drug-likeness (QED) is 0.688. The molecule has 6 heteroatoms. The van der Waals surface area contributed by atoms with E-state index in [9.17, 15) is 9.59 Å². The van der Waals surface area contributed by atoms with Gasteiger partial charge in [-0.3, -0.25) is 9.59 Å². The number of aryl methyl sites for hydroxylation is 2. The molecule has 142 valence electrons. The number of halogens is 1. The van der Waals surface area contributed by atoms with Crippen LogP contribution >= 0.6 is 11.6 Å². The molecule has 1 N–H and O–H groups in total. The van der Waals surface area contributed by atoms with Gasteiger partial charge in [-0.2, -0.15) is 0 Å². The van der Waals surface area contributed by atoms with Crippen molar-refractivity contribution in [2.75, 3.05) is 18.0 Å². The van der Waals surface area contributed by atoms with E-state index in [0.29, 0.717) is 6.54 Å². The van der Waals surface area contributed by atoms with Crippen molar-refractivity contribution in [3.63, 3.8) is 0 Å². The lowest BCUT2D eigenvalue weighted by atomic mass is 10.1. The summed E-state index contributed by atoms with van der Waals surface area (Å²) in [5.41, 5.74) is 5.20.